The summed E-state index contributed by atoms with van der Waals surface area (Å²) in [5.74, 6) is -0.345. The highest BCUT2D eigenvalue weighted by molar-refractivity contribution is 6.34. The lowest BCUT2D eigenvalue weighted by Gasteiger charge is -2.16. The van der Waals surface area contributed by atoms with E-state index in [0.29, 0.717) is 22.6 Å². The normalized spacial score (nSPS) is 12.1. The summed E-state index contributed by atoms with van der Waals surface area (Å²) in [6.07, 6.45) is -5.17. The molecule has 0 saturated carbocycles. The van der Waals surface area contributed by atoms with Crippen LogP contribution in [0.3, 0.4) is 0 Å². The molecule has 0 atom stereocenters. The largest absolute Gasteiger partial charge is 0.461 e. The fraction of sp³-hybridized carbons (Fsp3) is 0.200. The molecule has 0 amide bonds. The number of pyridine rings is 1. The summed E-state index contributed by atoms with van der Waals surface area (Å²) >= 11 is 5.97. The number of hydrogen-bond donors (Lipinski definition) is 0. The van der Waals surface area contributed by atoms with E-state index in [0.717, 1.165) is 5.56 Å². The monoisotopic (exact) mass is 359 g/mol. The van der Waals surface area contributed by atoms with Crippen molar-refractivity contribution in [3.05, 3.63) is 53.4 Å². The Hall–Kier alpha value is -2.35. The third-order valence-corrected chi connectivity index (χ3v) is 3.51. The van der Waals surface area contributed by atoms with Crippen molar-refractivity contribution < 1.29 is 22.3 Å². The Bertz CT molecular complexity index is 852. The molecule has 0 N–H and O–H groups in total. The first-order valence-corrected chi connectivity index (χ1v) is 7.14. The first-order chi connectivity index (χ1) is 11.3. The number of alkyl halides is 4. The van der Waals surface area contributed by atoms with E-state index in [2.05, 4.69) is 14.8 Å². The number of ether oxygens (including phenoxy) is 1. The Kier molecular flexibility index (Phi) is 4.31. The first-order valence-electron chi connectivity index (χ1n) is 6.77. The summed E-state index contributed by atoms with van der Waals surface area (Å²) in [5, 5.41) is 5.34. The predicted octanol–water partition coefficient (Wildman–Crippen LogP) is 4.37. The highest BCUT2D eigenvalue weighted by atomic mass is 35.5. The van der Waals surface area contributed by atoms with Crippen LogP contribution in [-0.2, 0) is 6.54 Å². The van der Waals surface area contributed by atoms with Gasteiger partial charge in [-0.25, -0.2) is 4.98 Å². The molecule has 0 spiro atoms. The summed E-state index contributed by atoms with van der Waals surface area (Å²) < 4.78 is 55.5. The van der Waals surface area contributed by atoms with Gasteiger partial charge in [-0.15, -0.1) is 0 Å². The Morgan fingerprint density at radius 2 is 1.88 bits per heavy atom. The summed E-state index contributed by atoms with van der Waals surface area (Å²) in [6.45, 7) is 0.344. The molecule has 0 radical (unpaired) electrons. The minimum atomic E-state index is -4.52. The van der Waals surface area contributed by atoms with Gasteiger partial charge in [-0.2, -0.15) is 22.7 Å². The van der Waals surface area contributed by atoms with E-state index in [1.54, 1.807) is 16.9 Å². The van der Waals surface area contributed by atoms with Crippen molar-refractivity contribution in [1.82, 2.24) is 14.8 Å². The second-order valence-corrected chi connectivity index (χ2v) is 5.33. The summed E-state index contributed by atoms with van der Waals surface area (Å²) in [7, 11) is 0. The number of benzene rings is 1. The van der Waals surface area contributed by atoms with Gasteiger partial charge in [-0.1, -0.05) is 23.7 Å². The van der Waals surface area contributed by atoms with Crippen LogP contribution in [0.4, 0.5) is 17.6 Å². The zero-order chi connectivity index (χ0) is 17.3. The van der Waals surface area contributed by atoms with Crippen LogP contribution in [0.15, 0.2) is 42.7 Å². The Labute approximate surface area is 138 Å². The number of hydrogen-bond acceptors (Lipinski definition) is 3. The van der Waals surface area contributed by atoms with E-state index in [1.807, 2.05) is 0 Å². The molecular formula is C15H10ClF4N3O. The van der Waals surface area contributed by atoms with Crippen molar-refractivity contribution in [1.29, 1.82) is 0 Å². The summed E-state index contributed by atoms with van der Waals surface area (Å²) in [6, 6.07) is 7.08. The molecule has 3 rings (SSSR count). The molecule has 0 bridgehead atoms. The molecule has 2 aromatic heterocycles. The standard InChI is InChI=1S/C15H10ClF4N3O/c16-13-11-8-23(22-12(11)5-6-21-13)7-9-1-3-10(4-2-9)24-15(19,20)14(17)18/h1-6,8,14H,7H2. The molecule has 0 aliphatic carbocycles. The van der Waals surface area contributed by atoms with E-state index in [9.17, 15) is 17.6 Å². The van der Waals surface area contributed by atoms with Gasteiger partial charge < -0.3 is 4.74 Å². The van der Waals surface area contributed by atoms with Gasteiger partial charge in [0.25, 0.3) is 0 Å². The van der Waals surface area contributed by atoms with Crippen molar-refractivity contribution in [2.45, 2.75) is 19.1 Å². The van der Waals surface area contributed by atoms with Crippen LogP contribution in [0.25, 0.3) is 10.9 Å². The van der Waals surface area contributed by atoms with Gasteiger partial charge in [-0.05, 0) is 23.8 Å². The number of aromatic nitrogens is 3. The van der Waals surface area contributed by atoms with Crippen LogP contribution in [-0.4, -0.2) is 27.3 Å². The van der Waals surface area contributed by atoms with Crippen molar-refractivity contribution in [3.63, 3.8) is 0 Å². The Balaban J connectivity index is 1.75. The molecule has 2 heterocycles. The van der Waals surface area contributed by atoms with Crippen molar-refractivity contribution in [3.8, 4) is 5.75 Å². The molecular weight excluding hydrogens is 350 g/mol. The van der Waals surface area contributed by atoms with Crippen LogP contribution in [0, 0.1) is 0 Å². The molecule has 24 heavy (non-hydrogen) atoms. The maximum absolute atomic E-state index is 12.8. The molecule has 0 saturated heterocycles. The molecule has 0 unspecified atom stereocenters. The van der Waals surface area contributed by atoms with E-state index in [1.165, 1.54) is 30.5 Å². The second kappa shape index (κ2) is 6.27. The van der Waals surface area contributed by atoms with Gasteiger partial charge in [-0.3, -0.25) is 4.68 Å². The third kappa shape index (κ3) is 3.43. The zero-order valence-corrected chi connectivity index (χ0v) is 12.7. The van der Waals surface area contributed by atoms with Gasteiger partial charge in [0.2, 0.25) is 0 Å². The van der Waals surface area contributed by atoms with E-state index in [-0.39, 0.29) is 5.75 Å². The molecule has 1 aromatic carbocycles. The fourth-order valence-electron chi connectivity index (χ4n) is 2.09. The topological polar surface area (TPSA) is 39.9 Å². The maximum atomic E-state index is 12.8. The van der Waals surface area contributed by atoms with Crippen LogP contribution in [0.5, 0.6) is 5.75 Å². The van der Waals surface area contributed by atoms with Gasteiger partial charge in [0.15, 0.2) is 0 Å². The lowest BCUT2D eigenvalue weighted by molar-refractivity contribution is -0.253. The SMILES string of the molecule is FC(F)C(F)(F)Oc1ccc(Cn2cc3c(Cl)nccc3n2)cc1. The lowest BCUT2D eigenvalue weighted by Crippen LogP contribution is -2.33. The summed E-state index contributed by atoms with van der Waals surface area (Å²) in [5.41, 5.74) is 1.39. The number of halogens is 5. The van der Waals surface area contributed by atoms with Gasteiger partial charge in [0.05, 0.1) is 17.4 Å². The summed E-state index contributed by atoms with van der Waals surface area (Å²) in [4.78, 5) is 3.95. The van der Waals surface area contributed by atoms with Gasteiger partial charge in [0, 0.05) is 12.4 Å². The molecule has 0 fully saturated rings. The van der Waals surface area contributed by atoms with Crippen LogP contribution >= 0.6 is 11.6 Å². The van der Waals surface area contributed by atoms with Crippen LogP contribution in [0.2, 0.25) is 5.15 Å². The lowest BCUT2D eigenvalue weighted by atomic mass is 10.2. The second-order valence-electron chi connectivity index (χ2n) is 4.97. The predicted molar refractivity (Wildman–Crippen MR) is 79.7 cm³/mol. The zero-order valence-electron chi connectivity index (χ0n) is 12.0. The highest BCUT2D eigenvalue weighted by Crippen LogP contribution is 2.27. The van der Waals surface area contributed by atoms with Crippen molar-refractivity contribution in [2.24, 2.45) is 0 Å². The molecule has 4 nitrogen and oxygen atoms in total. The van der Waals surface area contributed by atoms with Crippen molar-refractivity contribution >= 4 is 22.5 Å². The number of nitrogens with zero attached hydrogens (tertiary/aromatic N) is 3. The average molecular weight is 360 g/mol. The van der Waals surface area contributed by atoms with Crippen LogP contribution in [0.1, 0.15) is 5.56 Å². The van der Waals surface area contributed by atoms with Crippen molar-refractivity contribution in [2.75, 3.05) is 0 Å². The van der Waals surface area contributed by atoms with E-state index >= 15 is 0 Å². The first kappa shape index (κ1) is 16.5. The molecule has 126 valence electrons. The quantitative estimate of drug-likeness (QED) is 0.501. The highest BCUT2D eigenvalue weighted by Gasteiger charge is 2.43. The van der Waals surface area contributed by atoms with Gasteiger partial charge >= 0.3 is 12.5 Å². The van der Waals surface area contributed by atoms with Gasteiger partial charge in [0.1, 0.15) is 10.9 Å². The molecule has 9 heteroatoms. The minimum absolute atomic E-state index is 0.330. The molecule has 0 aliphatic heterocycles. The van der Waals surface area contributed by atoms with Crippen LogP contribution < -0.4 is 4.74 Å². The molecule has 3 aromatic rings. The fourth-order valence-corrected chi connectivity index (χ4v) is 2.30. The number of fused-ring (bicyclic) bond motifs is 1. The maximum Gasteiger partial charge on any atom is 0.461 e. The van der Waals surface area contributed by atoms with E-state index < -0.39 is 12.5 Å². The average Bonchev–Trinajstić information content (AvgIpc) is 2.93. The number of rotatable bonds is 5. The third-order valence-electron chi connectivity index (χ3n) is 3.21. The van der Waals surface area contributed by atoms with E-state index in [4.69, 9.17) is 11.6 Å². The minimum Gasteiger partial charge on any atom is -0.428 e. The smallest absolute Gasteiger partial charge is 0.428 e. The Morgan fingerprint density at radius 3 is 2.50 bits per heavy atom. The molecule has 0 aliphatic rings. The Morgan fingerprint density at radius 1 is 1.17 bits per heavy atom.